The summed E-state index contributed by atoms with van der Waals surface area (Å²) in [5.74, 6) is 1.68. The largest absolute Gasteiger partial charge is 0.493 e. The van der Waals surface area contributed by atoms with Gasteiger partial charge in [-0.05, 0) is 99.1 Å². The van der Waals surface area contributed by atoms with Gasteiger partial charge in [0.15, 0.2) is 11.5 Å². The standard InChI is InChI=1S/C30H41NO4/c1-29(2,3)23-14-12-21(13-15-23)22-9-8-10-24(19-22)31-27(32)18-20-11-16-25(26(17-20)34-7)35-28(33)30(4,5)6/h8-11,16-17,19,21,23H,12-15,18H2,1-7H3,(H,31,32). The van der Waals surface area contributed by atoms with E-state index in [2.05, 4.69) is 38.2 Å². The Morgan fingerprint density at radius 1 is 0.914 bits per heavy atom. The van der Waals surface area contributed by atoms with Gasteiger partial charge in [-0.3, -0.25) is 9.59 Å². The molecule has 1 saturated carbocycles. The molecule has 1 N–H and O–H groups in total. The number of benzene rings is 2. The van der Waals surface area contributed by atoms with Gasteiger partial charge in [0.1, 0.15) is 0 Å². The number of ether oxygens (including phenoxy) is 2. The summed E-state index contributed by atoms with van der Waals surface area (Å²) < 4.78 is 10.9. The summed E-state index contributed by atoms with van der Waals surface area (Å²) in [4.78, 5) is 25.0. The fourth-order valence-corrected chi connectivity index (χ4v) is 4.71. The molecule has 3 rings (SSSR count). The molecule has 0 spiro atoms. The van der Waals surface area contributed by atoms with Gasteiger partial charge in [-0.15, -0.1) is 0 Å². The number of amides is 1. The maximum Gasteiger partial charge on any atom is 0.316 e. The molecule has 2 aromatic carbocycles. The number of carbonyl (C=O) groups excluding carboxylic acids is 2. The lowest BCUT2D eigenvalue weighted by atomic mass is 9.68. The second-order valence-corrected chi connectivity index (χ2v) is 11.9. The number of hydrogen-bond donors (Lipinski definition) is 1. The molecule has 0 radical (unpaired) electrons. The Labute approximate surface area is 210 Å². The third-order valence-corrected chi connectivity index (χ3v) is 7.00. The first-order chi connectivity index (χ1) is 16.4. The van der Waals surface area contributed by atoms with Crippen molar-refractivity contribution in [3.63, 3.8) is 0 Å². The van der Waals surface area contributed by atoms with Crippen LogP contribution in [-0.2, 0) is 16.0 Å². The molecule has 1 aliphatic rings. The molecule has 0 unspecified atom stereocenters. The second-order valence-electron chi connectivity index (χ2n) is 11.9. The molecular formula is C30H41NO4. The molecule has 0 bridgehead atoms. The van der Waals surface area contributed by atoms with Crippen LogP contribution in [0.1, 0.15) is 84.3 Å². The highest BCUT2D eigenvalue weighted by Gasteiger charge is 2.30. The number of methoxy groups -OCH3 is 1. The summed E-state index contributed by atoms with van der Waals surface area (Å²) in [5.41, 5.74) is 2.67. The highest BCUT2D eigenvalue weighted by Crippen LogP contribution is 2.43. The Morgan fingerprint density at radius 2 is 1.60 bits per heavy atom. The maximum absolute atomic E-state index is 12.8. The lowest BCUT2D eigenvalue weighted by Crippen LogP contribution is -2.25. The molecule has 0 saturated heterocycles. The van der Waals surface area contributed by atoms with Crippen molar-refractivity contribution < 1.29 is 19.1 Å². The van der Waals surface area contributed by atoms with Crippen molar-refractivity contribution in [2.75, 3.05) is 12.4 Å². The SMILES string of the molecule is COc1cc(CC(=O)Nc2cccc(C3CCC(C(C)(C)C)CC3)c2)ccc1OC(=O)C(C)(C)C. The van der Waals surface area contributed by atoms with E-state index in [1.165, 1.54) is 38.4 Å². The van der Waals surface area contributed by atoms with Crippen LogP contribution in [0.5, 0.6) is 11.5 Å². The normalized spacial score (nSPS) is 18.6. The number of anilines is 1. The van der Waals surface area contributed by atoms with Gasteiger partial charge in [0, 0.05) is 5.69 Å². The number of carbonyl (C=O) groups is 2. The minimum atomic E-state index is -0.621. The molecule has 0 aliphatic heterocycles. The molecule has 0 aromatic heterocycles. The van der Waals surface area contributed by atoms with Gasteiger partial charge in [-0.1, -0.05) is 39.0 Å². The Balaban J connectivity index is 1.61. The van der Waals surface area contributed by atoms with Crippen LogP contribution in [0.4, 0.5) is 5.69 Å². The van der Waals surface area contributed by atoms with E-state index in [1.807, 2.05) is 12.1 Å². The highest BCUT2D eigenvalue weighted by atomic mass is 16.6. The number of rotatable bonds is 6. The quantitative estimate of drug-likeness (QED) is 0.353. The summed E-state index contributed by atoms with van der Waals surface area (Å²) >= 11 is 0. The van der Waals surface area contributed by atoms with Crippen LogP contribution in [-0.4, -0.2) is 19.0 Å². The average molecular weight is 480 g/mol. The van der Waals surface area contributed by atoms with Crippen LogP contribution < -0.4 is 14.8 Å². The molecule has 1 aliphatic carbocycles. The van der Waals surface area contributed by atoms with Gasteiger partial charge in [0.05, 0.1) is 18.9 Å². The van der Waals surface area contributed by atoms with Gasteiger partial charge in [0.25, 0.3) is 0 Å². The van der Waals surface area contributed by atoms with Crippen LogP contribution in [0.3, 0.4) is 0 Å². The second kappa shape index (κ2) is 10.8. The Hall–Kier alpha value is -2.82. The van der Waals surface area contributed by atoms with Gasteiger partial charge in [-0.2, -0.15) is 0 Å². The topological polar surface area (TPSA) is 64.6 Å². The molecule has 0 heterocycles. The molecular weight excluding hydrogens is 438 g/mol. The van der Waals surface area contributed by atoms with Crippen molar-refractivity contribution in [2.45, 2.75) is 79.6 Å². The lowest BCUT2D eigenvalue weighted by molar-refractivity contribution is -0.143. The van der Waals surface area contributed by atoms with Crippen molar-refractivity contribution in [2.24, 2.45) is 16.7 Å². The van der Waals surface area contributed by atoms with E-state index in [0.717, 1.165) is 17.2 Å². The fourth-order valence-electron chi connectivity index (χ4n) is 4.71. The third kappa shape index (κ3) is 7.33. The first kappa shape index (κ1) is 26.8. The third-order valence-electron chi connectivity index (χ3n) is 7.00. The smallest absolute Gasteiger partial charge is 0.316 e. The summed E-state index contributed by atoms with van der Waals surface area (Å²) in [6.45, 7) is 12.4. The predicted octanol–water partition coefficient (Wildman–Crippen LogP) is 7.15. The summed E-state index contributed by atoms with van der Waals surface area (Å²) in [6, 6.07) is 13.5. The fraction of sp³-hybridized carbons (Fsp3) is 0.533. The molecule has 5 nitrogen and oxygen atoms in total. The van der Waals surface area contributed by atoms with E-state index in [1.54, 1.807) is 39.0 Å². The molecule has 2 aromatic rings. The number of nitrogens with one attached hydrogen (secondary N) is 1. The molecule has 190 valence electrons. The van der Waals surface area contributed by atoms with E-state index >= 15 is 0 Å². The van der Waals surface area contributed by atoms with Crippen molar-refractivity contribution in [1.82, 2.24) is 0 Å². The molecule has 1 amide bonds. The van der Waals surface area contributed by atoms with Gasteiger partial charge >= 0.3 is 5.97 Å². The predicted molar refractivity (Wildman–Crippen MR) is 141 cm³/mol. The molecule has 5 heteroatoms. The van der Waals surface area contributed by atoms with Crippen molar-refractivity contribution in [3.05, 3.63) is 53.6 Å². The average Bonchev–Trinajstić information content (AvgIpc) is 2.79. The van der Waals surface area contributed by atoms with Gasteiger partial charge < -0.3 is 14.8 Å². The number of esters is 1. The highest BCUT2D eigenvalue weighted by molar-refractivity contribution is 5.92. The van der Waals surface area contributed by atoms with Crippen molar-refractivity contribution >= 4 is 17.6 Å². The Morgan fingerprint density at radius 3 is 2.20 bits per heavy atom. The van der Waals surface area contributed by atoms with E-state index < -0.39 is 5.41 Å². The first-order valence-corrected chi connectivity index (χ1v) is 12.7. The van der Waals surface area contributed by atoms with E-state index in [4.69, 9.17) is 9.47 Å². The van der Waals surface area contributed by atoms with Gasteiger partial charge in [-0.25, -0.2) is 0 Å². The zero-order valence-corrected chi connectivity index (χ0v) is 22.4. The Kier molecular flexibility index (Phi) is 8.30. The van der Waals surface area contributed by atoms with Crippen molar-refractivity contribution in [1.29, 1.82) is 0 Å². The summed E-state index contributed by atoms with van der Waals surface area (Å²) in [7, 11) is 1.52. The minimum absolute atomic E-state index is 0.0971. The van der Waals surface area contributed by atoms with Gasteiger partial charge in [0.2, 0.25) is 5.91 Å². The monoisotopic (exact) mass is 479 g/mol. The van der Waals surface area contributed by atoms with Crippen LogP contribution in [0, 0.1) is 16.7 Å². The van der Waals surface area contributed by atoms with Crippen LogP contribution >= 0.6 is 0 Å². The van der Waals surface area contributed by atoms with Crippen LogP contribution in [0.15, 0.2) is 42.5 Å². The maximum atomic E-state index is 12.8. The van der Waals surface area contributed by atoms with E-state index in [0.29, 0.717) is 22.8 Å². The minimum Gasteiger partial charge on any atom is -0.493 e. The summed E-state index contributed by atoms with van der Waals surface area (Å²) in [5, 5.41) is 3.04. The zero-order chi connectivity index (χ0) is 25.8. The van der Waals surface area contributed by atoms with E-state index in [9.17, 15) is 9.59 Å². The van der Waals surface area contributed by atoms with Crippen LogP contribution in [0.25, 0.3) is 0 Å². The Bertz CT molecular complexity index is 1040. The van der Waals surface area contributed by atoms with Crippen molar-refractivity contribution in [3.8, 4) is 11.5 Å². The zero-order valence-electron chi connectivity index (χ0n) is 22.4. The first-order valence-electron chi connectivity index (χ1n) is 12.7. The number of hydrogen-bond acceptors (Lipinski definition) is 4. The van der Waals surface area contributed by atoms with Crippen LogP contribution in [0.2, 0.25) is 0 Å². The molecule has 35 heavy (non-hydrogen) atoms. The van der Waals surface area contributed by atoms with E-state index in [-0.39, 0.29) is 18.3 Å². The molecule has 0 atom stereocenters. The lowest BCUT2D eigenvalue weighted by Gasteiger charge is -2.37. The summed E-state index contributed by atoms with van der Waals surface area (Å²) in [6.07, 6.45) is 5.11. The molecule has 1 fully saturated rings.